The minimum Gasteiger partial charge on any atom is -0.250 e. The van der Waals surface area contributed by atoms with E-state index in [1.807, 2.05) is 13.1 Å². The molecule has 0 amide bonds. The molecule has 2 rings (SSSR count). The average Bonchev–Trinajstić information content (AvgIpc) is 2.58. The molecule has 0 spiro atoms. The monoisotopic (exact) mass is 222 g/mol. The van der Waals surface area contributed by atoms with Crippen LogP contribution >= 0.6 is 12.2 Å². The van der Waals surface area contributed by atoms with Crippen LogP contribution in [0, 0.1) is 17.6 Å². The first-order chi connectivity index (χ1) is 7.27. The van der Waals surface area contributed by atoms with Crippen LogP contribution in [0.2, 0.25) is 0 Å². The summed E-state index contributed by atoms with van der Waals surface area (Å²) >= 11 is 5.06. The molecule has 0 fully saturated rings. The number of aromatic nitrogens is 3. The summed E-state index contributed by atoms with van der Waals surface area (Å²) in [5.41, 5.74) is 0. The van der Waals surface area contributed by atoms with Crippen molar-refractivity contribution in [2.75, 3.05) is 0 Å². The summed E-state index contributed by atoms with van der Waals surface area (Å²) in [7, 11) is 0. The first-order valence-corrected chi connectivity index (χ1v) is 5.51. The lowest BCUT2D eigenvalue weighted by atomic mass is 9.96. The Labute approximate surface area is 93.7 Å². The van der Waals surface area contributed by atoms with Gasteiger partial charge in [0.25, 0.3) is 0 Å². The number of hydrogen-bond acceptors (Lipinski definition) is 3. The summed E-state index contributed by atoms with van der Waals surface area (Å²) in [6.07, 6.45) is 9.80. The molecule has 5 heteroatoms. The smallest absolute Gasteiger partial charge is 0.216 e. The predicted molar refractivity (Wildman–Crippen MR) is 62.5 cm³/mol. The van der Waals surface area contributed by atoms with Crippen molar-refractivity contribution in [3.05, 3.63) is 22.7 Å². The van der Waals surface area contributed by atoms with E-state index < -0.39 is 0 Å². The van der Waals surface area contributed by atoms with Gasteiger partial charge in [-0.25, -0.2) is 0 Å². The number of nitrogens with zero attached hydrogens (tertiary/aromatic N) is 3. The molecule has 0 aromatic carbocycles. The summed E-state index contributed by atoms with van der Waals surface area (Å²) in [5.74, 6) is 1.33. The third-order valence-electron chi connectivity index (χ3n) is 2.51. The molecule has 4 nitrogen and oxygen atoms in total. The van der Waals surface area contributed by atoms with Gasteiger partial charge in [0.2, 0.25) is 4.77 Å². The van der Waals surface area contributed by atoms with Crippen LogP contribution in [0.5, 0.6) is 0 Å². The number of aryl methyl sites for hydroxylation is 1. The molecule has 1 aliphatic carbocycles. The van der Waals surface area contributed by atoms with E-state index >= 15 is 0 Å². The molecule has 1 atom stereocenters. The molecular formula is C10H14N4S. The van der Waals surface area contributed by atoms with Gasteiger partial charge in [-0.3, -0.25) is 5.10 Å². The van der Waals surface area contributed by atoms with E-state index in [-0.39, 0.29) is 0 Å². The number of aromatic amines is 1. The van der Waals surface area contributed by atoms with Crippen molar-refractivity contribution in [1.82, 2.24) is 14.9 Å². The zero-order chi connectivity index (χ0) is 10.7. The van der Waals surface area contributed by atoms with Crippen LogP contribution in [-0.4, -0.2) is 21.1 Å². The summed E-state index contributed by atoms with van der Waals surface area (Å²) in [4.78, 5) is 0. The van der Waals surface area contributed by atoms with Crippen molar-refractivity contribution >= 4 is 18.4 Å². The summed E-state index contributed by atoms with van der Waals surface area (Å²) in [5, 5.41) is 11.1. The molecule has 0 radical (unpaired) electrons. The topological polar surface area (TPSA) is 46.0 Å². The van der Waals surface area contributed by atoms with Crippen molar-refractivity contribution in [3.63, 3.8) is 0 Å². The maximum absolute atomic E-state index is 5.06. The SMILES string of the molecule is Cc1n[nH]c(=S)n1/N=C\[C@@H]1CC=CCC1. The van der Waals surface area contributed by atoms with Crippen LogP contribution in [0.15, 0.2) is 17.3 Å². The molecule has 1 heterocycles. The zero-order valence-corrected chi connectivity index (χ0v) is 9.50. The van der Waals surface area contributed by atoms with Gasteiger partial charge in [0.1, 0.15) is 5.82 Å². The van der Waals surface area contributed by atoms with Crippen molar-refractivity contribution in [2.24, 2.45) is 11.0 Å². The van der Waals surface area contributed by atoms with E-state index in [2.05, 4.69) is 27.5 Å². The van der Waals surface area contributed by atoms with Gasteiger partial charge in [0, 0.05) is 6.21 Å². The summed E-state index contributed by atoms with van der Waals surface area (Å²) in [6, 6.07) is 0. The Morgan fingerprint density at radius 3 is 3.13 bits per heavy atom. The first kappa shape index (κ1) is 10.3. The number of hydrogen-bond donors (Lipinski definition) is 1. The highest BCUT2D eigenvalue weighted by Gasteiger charge is 2.07. The average molecular weight is 222 g/mol. The molecule has 1 N–H and O–H groups in total. The lowest BCUT2D eigenvalue weighted by Gasteiger charge is -2.11. The molecular weight excluding hydrogens is 208 g/mol. The summed E-state index contributed by atoms with van der Waals surface area (Å²) < 4.78 is 2.21. The van der Waals surface area contributed by atoms with Crippen LogP contribution in [0.1, 0.15) is 25.1 Å². The first-order valence-electron chi connectivity index (χ1n) is 5.11. The Bertz CT molecular complexity index is 441. The Hall–Kier alpha value is -1.23. The van der Waals surface area contributed by atoms with Crippen LogP contribution in [0.25, 0.3) is 0 Å². The lowest BCUT2D eigenvalue weighted by Crippen LogP contribution is -2.05. The second-order valence-electron chi connectivity index (χ2n) is 3.70. The van der Waals surface area contributed by atoms with E-state index in [4.69, 9.17) is 12.2 Å². The van der Waals surface area contributed by atoms with Crippen LogP contribution in [-0.2, 0) is 0 Å². The third kappa shape index (κ3) is 2.41. The lowest BCUT2D eigenvalue weighted by molar-refractivity contribution is 0.621. The minimum absolute atomic E-state index is 0.534. The van der Waals surface area contributed by atoms with Gasteiger partial charge in [-0.2, -0.15) is 14.9 Å². The van der Waals surface area contributed by atoms with Gasteiger partial charge in [-0.1, -0.05) is 12.2 Å². The van der Waals surface area contributed by atoms with Crippen molar-refractivity contribution < 1.29 is 0 Å². The number of allylic oxidation sites excluding steroid dienone is 2. The molecule has 0 bridgehead atoms. The number of rotatable bonds is 2. The van der Waals surface area contributed by atoms with Gasteiger partial charge in [-0.15, -0.1) is 0 Å². The fourth-order valence-electron chi connectivity index (χ4n) is 1.62. The molecule has 1 aromatic heterocycles. The molecule has 0 saturated heterocycles. The fourth-order valence-corrected chi connectivity index (χ4v) is 1.84. The highest BCUT2D eigenvalue weighted by molar-refractivity contribution is 7.71. The van der Waals surface area contributed by atoms with Gasteiger partial charge in [0.15, 0.2) is 0 Å². The predicted octanol–water partition coefficient (Wildman–Crippen LogP) is 2.44. The maximum Gasteiger partial charge on any atom is 0.216 e. The minimum atomic E-state index is 0.534. The molecule has 0 unspecified atom stereocenters. The van der Waals surface area contributed by atoms with Crippen LogP contribution in [0.3, 0.4) is 0 Å². The van der Waals surface area contributed by atoms with Gasteiger partial charge < -0.3 is 0 Å². The quantitative estimate of drug-likeness (QED) is 0.474. The van der Waals surface area contributed by atoms with E-state index in [9.17, 15) is 0 Å². The Balaban J connectivity index is 2.11. The van der Waals surface area contributed by atoms with E-state index in [0.717, 1.165) is 18.7 Å². The molecule has 80 valence electrons. The van der Waals surface area contributed by atoms with Gasteiger partial charge in [0.05, 0.1) is 0 Å². The standard InChI is InChI=1S/C10H14N4S/c1-8-12-13-10(15)14(8)11-7-9-5-3-2-4-6-9/h2-3,7,9H,4-6H2,1H3,(H,13,15)/b11-7-/t9-/m1/s1. The van der Waals surface area contributed by atoms with Gasteiger partial charge in [-0.05, 0) is 44.3 Å². The maximum atomic E-state index is 5.06. The largest absolute Gasteiger partial charge is 0.250 e. The molecule has 15 heavy (non-hydrogen) atoms. The highest BCUT2D eigenvalue weighted by atomic mass is 32.1. The van der Waals surface area contributed by atoms with Crippen molar-refractivity contribution in [2.45, 2.75) is 26.2 Å². The van der Waals surface area contributed by atoms with E-state index in [0.29, 0.717) is 10.7 Å². The van der Waals surface area contributed by atoms with Crippen molar-refractivity contribution in [3.8, 4) is 0 Å². The van der Waals surface area contributed by atoms with E-state index in [1.54, 1.807) is 4.68 Å². The Kier molecular flexibility index (Phi) is 3.11. The number of H-pyrrole nitrogens is 1. The van der Waals surface area contributed by atoms with E-state index in [1.165, 1.54) is 6.42 Å². The Morgan fingerprint density at radius 1 is 1.67 bits per heavy atom. The Morgan fingerprint density at radius 2 is 2.53 bits per heavy atom. The van der Waals surface area contributed by atoms with Crippen molar-refractivity contribution in [1.29, 1.82) is 0 Å². The molecule has 1 aliphatic rings. The molecule has 0 aliphatic heterocycles. The second kappa shape index (κ2) is 4.53. The normalized spacial score (nSPS) is 21.3. The molecule has 0 saturated carbocycles. The third-order valence-corrected chi connectivity index (χ3v) is 2.78. The second-order valence-corrected chi connectivity index (χ2v) is 4.08. The van der Waals surface area contributed by atoms with Crippen LogP contribution < -0.4 is 0 Å². The summed E-state index contributed by atoms with van der Waals surface area (Å²) in [6.45, 7) is 1.88. The number of nitrogens with one attached hydrogen (secondary N) is 1. The van der Waals surface area contributed by atoms with Gasteiger partial charge >= 0.3 is 0 Å². The molecule has 1 aromatic rings. The van der Waals surface area contributed by atoms with Crippen LogP contribution in [0.4, 0.5) is 0 Å². The fraction of sp³-hybridized carbons (Fsp3) is 0.500. The zero-order valence-electron chi connectivity index (χ0n) is 8.68. The highest BCUT2D eigenvalue weighted by Crippen LogP contribution is 2.15.